The number of aliphatic hydroxyl groups is 1. The van der Waals surface area contributed by atoms with Crippen molar-refractivity contribution in [1.82, 2.24) is 20.0 Å². The number of aliphatic hydroxyl groups excluding tert-OH is 1. The zero-order valence-corrected chi connectivity index (χ0v) is 17.3. The summed E-state index contributed by atoms with van der Waals surface area (Å²) in [5.41, 5.74) is 5.70. The van der Waals surface area contributed by atoms with Crippen molar-refractivity contribution >= 4 is 5.91 Å². The lowest BCUT2D eigenvalue weighted by Crippen LogP contribution is -2.42. The summed E-state index contributed by atoms with van der Waals surface area (Å²) in [6.45, 7) is 2.60. The Kier molecular flexibility index (Phi) is 6.26. The lowest BCUT2D eigenvalue weighted by molar-refractivity contribution is -0.121. The Bertz CT molecular complexity index is 1010. The number of aryl methyl sites for hydroxylation is 1. The molecule has 6 heteroatoms. The summed E-state index contributed by atoms with van der Waals surface area (Å²) in [4.78, 5) is 14.6. The summed E-state index contributed by atoms with van der Waals surface area (Å²) in [6, 6.07) is 18.3. The highest BCUT2D eigenvalue weighted by Crippen LogP contribution is 2.20. The van der Waals surface area contributed by atoms with Crippen LogP contribution in [0.4, 0.5) is 0 Å². The lowest BCUT2D eigenvalue weighted by atomic mass is 10.00. The second-order valence-corrected chi connectivity index (χ2v) is 7.93. The number of benzene rings is 2. The number of amides is 1. The van der Waals surface area contributed by atoms with Gasteiger partial charge >= 0.3 is 0 Å². The van der Waals surface area contributed by atoms with Crippen molar-refractivity contribution in [3.63, 3.8) is 0 Å². The predicted octanol–water partition coefficient (Wildman–Crippen LogP) is 2.16. The van der Waals surface area contributed by atoms with Gasteiger partial charge in [0, 0.05) is 45.0 Å². The molecule has 0 spiro atoms. The van der Waals surface area contributed by atoms with Gasteiger partial charge in [-0.25, -0.2) is 0 Å². The number of aromatic nitrogens is 2. The van der Waals surface area contributed by atoms with Crippen molar-refractivity contribution in [2.45, 2.75) is 25.5 Å². The van der Waals surface area contributed by atoms with Crippen molar-refractivity contribution in [2.24, 2.45) is 7.05 Å². The Balaban J connectivity index is 1.26. The van der Waals surface area contributed by atoms with Gasteiger partial charge in [0.25, 0.3) is 0 Å². The number of rotatable bonds is 7. The molecule has 0 saturated heterocycles. The molecular formula is C24H28N4O2. The van der Waals surface area contributed by atoms with E-state index in [2.05, 4.69) is 39.6 Å². The Hall–Kier alpha value is -2.96. The fraction of sp³-hybridized carbons (Fsp3) is 0.333. The second kappa shape index (κ2) is 9.24. The number of nitrogens with zero attached hydrogens (tertiary/aromatic N) is 3. The molecule has 1 unspecified atom stereocenters. The monoisotopic (exact) mass is 404 g/mol. The van der Waals surface area contributed by atoms with E-state index in [0.29, 0.717) is 6.54 Å². The average Bonchev–Trinajstić information content (AvgIpc) is 3.18. The summed E-state index contributed by atoms with van der Waals surface area (Å²) in [6.07, 6.45) is 2.47. The van der Waals surface area contributed by atoms with E-state index >= 15 is 0 Å². The first-order valence-corrected chi connectivity index (χ1v) is 10.4. The van der Waals surface area contributed by atoms with Crippen LogP contribution >= 0.6 is 0 Å². The largest absolute Gasteiger partial charge is 0.390 e. The van der Waals surface area contributed by atoms with Crippen molar-refractivity contribution in [3.8, 4) is 11.3 Å². The summed E-state index contributed by atoms with van der Waals surface area (Å²) < 4.78 is 1.81. The molecule has 30 heavy (non-hydrogen) atoms. The number of carbonyl (C=O) groups is 1. The highest BCUT2D eigenvalue weighted by molar-refractivity contribution is 5.79. The molecule has 156 valence electrons. The molecule has 0 aliphatic carbocycles. The molecule has 3 aromatic rings. The predicted molar refractivity (Wildman–Crippen MR) is 117 cm³/mol. The van der Waals surface area contributed by atoms with Gasteiger partial charge in [0.1, 0.15) is 0 Å². The van der Waals surface area contributed by atoms with Crippen LogP contribution in [-0.2, 0) is 31.2 Å². The molecule has 2 aromatic carbocycles. The van der Waals surface area contributed by atoms with Gasteiger partial charge in [-0.15, -0.1) is 0 Å². The first kappa shape index (κ1) is 20.3. The Morgan fingerprint density at radius 3 is 2.80 bits per heavy atom. The van der Waals surface area contributed by atoms with E-state index < -0.39 is 6.10 Å². The van der Waals surface area contributed by atoms with Gasteiger partial charge in [-0.1, -0.05) is 42.5 Å². The Morgan fingerprint density at radius 1 is 1.17 bits per heavy atom. The maximum atomic E-state index is 12.4. The number of fused-ring (bicyclic) bond motifs is 1. The van der Waals surface area contributed by atoms with Gasteiger partial charge < -0.3 is 10.4 Å². The SMILES string of the molecule is Cn1nccc1-c1cccc(CC(=O)NCC(O)CN2CCc3ccccc3C2)c1. The number of hydrogen-bond acceptors (Lipinski definition) is 4. The van der Waals surface area contributed by atoms with Crippen LogP contribution in [0.5, 0.6) is 0 Å². The topological polar surface area (TPSA) is 70.4 Å². The molecule has 0 saturated carbocycles. The van der Waals surface area contributed by atoms with Gasteiger partial charge in [-0.2, -0.15) is 5.10 Å². The maximum Gasteiger partial charge on any atom is 0.224 e. The molecule has 1 aliphatic rings. The van der Waals surface area contributed by atoms with Crippen molar-refractivity contribution in [3.05, 3.63) is 77.5 Å². The molecule has 2 N–H and O–H groups in total. The van der Waals surface area contributed by atoms with Gasteiger partial charge in [0.05, 0.1) is 18.2 Å². The quantitative estimate of drug-likeness (QED) is 0.633. The van der Waals surface area contributed by atoms with E-state index in [1.165, 1.54) is 11.1 Å². The molecule has 1 aromatic heterocycles. The smallest absolute Gasteiger partial charge is 0.224 e. The second-order valence-electron chi connectivity index (χ2n) is 7.93. The van der Waals surface area contributed by atoms with Crippen LogP contribution in [0.2, 0.25) is 0 Å². The van der Waals surface area contributed by atoms with Gasteiger partial charge in [-0.05, 0) is 35.2 Å². The lowest BCUT2D eigenvalue weighted by Gasteiger charge is -2.30. The Labute approximate surface area is 177 Å². The average molecular weight is 405 g/mol. The zero-order valence-electron chi connectivity index (χ0n) is 17.3. The summed E-state index contributed by atoms with van der Waals surface area (Å²) in [5.74, 6) is -0.0832. The van der Waals surface area contributed by atoms with Crippen LogP contribution in [0, 0.1) is 0 Å². The highest BCUT2D eigenvalue weighted by Gasteiger charge is 2.18. The van der Waals surface area contributed by atoms with Gasteiger partial charge in [-0.3, -0.25) is 14.4 Å². The summed E-state index contributed by atoms with van der Waals surface area (Å²) in [5, 5.41) is 17.5. The van der Waals surface area contributed by atoms with Crippen LogP contribution < -0.4 is 5.32 Å². The molecule has 1 atom stereocenters. The number of nitrogens with one attached hydrogen (secondary N) is 1. The van der Waals surface area contributed by atoms with Crippen molar-refractivity contribution < 1.29 is 9.90 Å². The first-order chi connectivity index (χ1) is 14.6. The van der Waals surface area contributed by atoms with E-state index in [4.69, 9.17) is 0 Å². The van der Waals surface area contributed by atoms with Gasteiger partial charge in [0.15, 0.2) is 0 Å². The molecule has 0 bridgehead atoms. The first-order valence-electron chi connectivity index (χ1n) is 10.4. The maximum absolute atomic E-state index is 12.4. The number of carbonyl (C=O) groups excluding carboxylic acids is 1. The normalized spacial score (nSPS) is 14.9. The van der Waals surface area contributed by atoms with Crippen LogP contribution in [0.15, 0.2) is 60.8 Å². The minimum atomic E-state index is -0.583. The third-order valence-electron chi connectivity index (χ3n) is 5.62. The minimum absolute atomic E-state index is 0.0832. The third-order valence-corrected chi connectivity index (χ3v) is 5.62. The van der Waals surface area contributed by atoms with Crippen molar-refractivity contribution in [1.29, 1.82) is 0 Å². The van der Waals surface area contributed by atoms with Crippen LogP contribution in [0.25, 0.3) is 11.3 Å². The zero-order chi connectivity index (χ0) is 20.9. The Morgan fingerprint density at radius 2 is 2.00 bits per heavy atom. The van der Waals surface area contributed by atoms with E-state index in [-0.39, 0.29) is 18.9 Å². The van der Waals surface area contributed by atoms with E-state index in [0.717, 1.165) is 36.3 Å². The summed E-state index contributed by atoms with van der Waals surface area (Å²) >= 11 is 0. The van der Waals surface area contributed by atoms with E-state index in [9.17, 15) is 9.90 Å². The fourth-order valence-electron chi connectivity index (χ4n) is 4.05. The van der Waals surface area contributed by atoms with Crippen molar-refractivity contribution in [2.75, 3.05) is 19.6 Å². The number of β-amino-alcohol motifs (C(OH)–C–C–N with tert-alkyl or cyclic N) is 1. The fourth-order valence-corrected chi connectivity index (χ4v) is 4.05. The van der Waals surface area contributed by atoms with Crippen LogP contribution in [-0.4, -0.2) is 51.4 Å². The molecule has 1 amide bonds. The molecular weight excluding hydrogens is 376 g/mol. The molecule has 1 aliphatic heterocycles. The van der Waals surface area contributed by atoms with Gasteiger partial charge in [0.2, 0.25) is 5.91 Å². The molecule has 6 nitrogen and oxygen atoms in total. The molecule has 0 radical (unpaired) electrons. The van der Waals surface area contributed by atoms with Crippen LogP contribution in [0.3, 0.4) is 0 Å². The standard InChI is InChI=1S/C24H28N4O2/c1-27-23(9-11-26-27)20-8-4-5-18(13-20)14-24(30)25-15-22(29)17-28-12-10-19-6-2-3-7-21(19)16-28/h2-9,11,13,22,29H,10,12,14-17H2,1H3,(H,25,30). The van der Waals surface area contributed by atoms with E-state index in [1.807, 2.05) is 42.1 Å². The molecule has 2 heterocycles. The summed E-state index contributed by atoms with van der Waals surface area (Å²) in [7, 11) is 1.90. The van der Waals surface area contributed by atoms with Crippen LogP contribution in [0.1, 0.15) is 16.7 Å². The minimum Gasteiger partial charge on any atom is -0.390 e. The highest BCUT2D eigenvalue weighted by atomic mass is 16.3. The third kappa shape index (κ3) is 4.96. The van der Waals surface area contributed by atoms with E-state index in [1.54, 1.807) is 6.20 Å². The number of hydrogen-bond donors (Lipinski definition) is 2. The molecule has 4 rings (SSSR count). The molecule has 0 fully saturated rings.